The molecule has 130 valence electrons. The Morgan fingerprint density at radius 2 is 1.88 bits per heavy atom. The van der Waals surface area contributed by atoms with E-state index in [2.05, 4.69) is 5.10 Å². The van der Waals surface area contributed by atoms with Gasteiger partial charge in [0, 0.05) is 12.5 Å². The molecular formula is C17H22N2O5. The van der Waals surface area contributed by atoms with Crippen LogP contribution in [0.4, 0.5) is 5.69 Å². The smallest absolute Gasteiger partial charge is 0.354 e. The molecule has 0 saturated carbocycles. The van der Waals surface area contributed by atoms with Crippen molar-refractivity contribution in [1.82, 2.24) is 0 Å². The number of aliphatic hydroxyl groups excluding tert-OH is 1. The molecule has 1 aromatic rings. The predicted molar refractivity (Wildman–Crippen MR) is 89.0 cm³/mol. The van der Waals surface area contributed by atoms with E-state index in [1.165, 1.54) is 14.2 Å². The Balaban J connectivity index is 2.50. The van der Waals surface area contributed by atoms with Crippen LogP contribution < -0.4 is 5.01 Å². The molecule has 1 N–H and O–H groups in total. The summed E-state index contributed by atoms with van der Waals surface area (Å²) in [7, 11) is 2.62. The van der Waals surface area contributed by atoms with E-state index in [1.807, 2.05) is 6.92 Å². The summed E-state index contributed by atoms with van der Waals surface area (Å²) < 4.78 is 9.65. The zero-order valence-corrected chi connectivity index (χ0v) is 14.1. The number of aliphatic hydroxyl groups is 1. The molecule has 0 unspecified atom stereocenters. The topological polar surface area (TPSA) is 88.4 Å². The first kappa shape index (κ1) is 17.9. The van der Waals surface area contributed by atoms with E-state index < -0.39 is 11.9 Å². The quantitative estimate of drug-likeness (QED) is 0.795. The molecule has 1 aliphatic heterocycles. The molecule has 0 amide bonds. The standard InChI is InChI=1S/C17H22N2O5/c1-4-13-11(9-10-20)15(17(22)24-3)18-19(13)14-8-6-5-7-12(14)16(21)23-2/h5-8,11,13,20H,4,9-10H2,1-3H3/t11-,13-/m1/s1. The number of rotatable bonds is 6. The number of methoxy groups -OCH3 is 2. The molecule has 24 heavy (non-hydrogen) atoms. The molecule has 0 aliphatic carbocycles. The summed E-state index contributed by atoms with van der Waals surface area (Å²) in [6.07, 6.45) is 1.08. The molecule has 2 rings (SSSR count). The van der Waals surface area contributed by atoms with Gasteiger partial charge in [-0.1, -0.05) is 19.1 Å². The summed E-state index contributed by atoms with van der Waals surface area (Å²) in [6.45, 7) is 1.90. The van der Waals surface area contributed by atoms with Gasteiger partial charge in [-0.05, 0) is 25.0 Å². The number of para-hydroxylation sites is 1. The summed E-state index contributed by atoms with van der Waals surface area (Å²) in [6, 6.07) is 6.79. The third-order valence-corrected chi connectivity index (χ3v) is 4.15. The number of anilines is 1. The van der Waals surface area contributed by atoms with Crippen molar-refractivity contribution in [2.45, 2.75) is 25.8 Å². The minimum atomic E-state index is -0.523. The number of hydrazone groups is 1. The largest absolute Gasteiger partial charge is 0.465 e. The Bertz CT molecular complexity index is 644. The molecular weight excluding hydrogens is 312 g/mol. The zero-order chi connectivity index (χ0) is 17.7. The van der Waals surface area contributed by atoms with Crippen molar-refractivity contribution in [3.63, 3.8) is 0 Å². The number of carbonyl (C=O) groups excluding carboxylic acids is 2. The molecule has 0 saturated heterocycles. The van der Waals surface area contributed by atoms with Gasteiger partial charge in [-0.2, -0.15) is 5.10 Å². The lowest BCUT2D eigenvalue weighted by atomic mass is 9.90. The summed E-state index contributed by atoms with van der Waals surface area (Å²) in [5.74, 6) is -1.26. The van der Waals surface area contributed by atoms with E-state index >= 15 is 0 Å². The van der Waals surface area contributed by atoms with Gasteiger partial charge < -0.3 is 14.6 Å². The molecule has 2 atom stereocenters. The summed E-state index contributed by atoms with van der Waals surface area (Å²) in [5.41, 5.74) is 1.20. The van der Waals surface area contributed by atoms with Gasteiger partial charge in [0.2, 0.25) is 0 Å². The first-order chi connectivity index (χ1) is 11.6. The van der Waals surface area contributed by atoms with E-state index in [4.69, 9.17) is 9.47 Å². The Morgan fingerprint density at radius 3 is 2.46 bits per heavy atom. The van der Waals surface area contributed by atoms with E-state index in [1.54, 1.807) is 29.3 Å². The Hall–Kier alpha value is -2.41. The third kappa shape index (κ3) is 3.26. The van der Waals surface area contributed by atoms with Crippen molar-refractivity contribution in [3.05, 3.63) is 29.8 Å². The molecule has 1 heterocycles. The first-order valence-electron chi connectivity index (χ1n) is 7.83. The van der Waals surface area contributed by atoms with Crippen LogP contribution in [0.1, 0.15) is 30.1 Å². The number of hydrogen-bond acceptors (Lipinski definition) is 7. The van der Waals surface area contributed by atoms with Gasteiger partial charge in [0.15, 0.2) is 5.71 Å². The minimum absolute atomic E-state index is 0.0658. The van der Waals surface area contributed by atoms with Gasteiger partial charge >= 0.3 is 11.9 Å². The van der Waals surface area contributed by atoms with Gasteiger partial charge in [-0.25, -0.2) is 9.59 Å². The van der Waals surface area contributed by atoms with Crippen LogP contribution in [0.25, 0.3) is 0 Å². The molecule has 1 aromatic carbocycles. The highest BCUT2D eigenvalue weighted by molar-refractivity contribution is 6.38. The SMILES string of the molecule is CC[C@@H]1[C@@H](CCO)C(C(=O)OC)=NN1c1ccccc1C(=O)OC. The van der Waals surface area contributed by atoms with E-state index in [9.17, 15) is 14.7 Å². The average molecular weight is 334 g/mol. The highest BCUT2D eigenvalue weighted by Gasteiger charge is 2.41. The van der Waals surface area contributed by atoms with Crippen LogP contribution in [0, 0.1) is 5.92 Å². The molecule has 0 spiro atoms. The molecule has 1 aliphatic rings. The highest BCUT2D eigenvalue weighted by Crippen LogP contribution is 2.34. The molecule has 0 aromatic heterocycles. The molecule has 0 fully saturated rings. The number of esters is 2. The lowest BCUT2D eigenvalue weighted by molar-refractivity contribution is -0.133. The second kappa shape index (κ2) is 7.92. The fourth-order valence-electron chi connectivity index (χ4n) is 3.03. The Kier molecular flexibility index (Phi) is 5.92. The highest BCUT2D eigenvalue weighted by atomic mass is 16.5. The lowest BCUT2D eigenvalue weighted by Crippen LogP contribution is -2.35. The molecule has 0 bridgehead atoms. The van der Waals surface area contributed by atoms with Crippen LogP contribution in [-0.2, 0) is 14.3 Å². The van der Waals surface area contributed by atoms with Gasteiger partial charge in [0.1, 0.15) is 0 Å². The fraction of sp³-hybridized carbons (Fsp3) is 0.471. The summed E-state index contributed by atoms with van der Waals surface area (Å²) in [4.78, 5) is 24.1. The molecule has 7 nitrogen and oxygen atoms in total. The minimum Gasteiger partial charge on any atom is -0.465 e. The van der Waals surface area contributed by atoms with Crippen LogP contribution in [0.15, 0.2) is 29.4 Å². The van der Waals surface area contributed by atoms with E-state index in [0.29, 0.717) is 24.1 Å². The van der Waals surface area contributed by atoms with Crippen LogP contribution in [0.3, 0.4) is 0 Å². The predicted octanol–water partition coefficient (Wildman–Crippen LogP) is 1.60. The van der Waals surface area contributed by atoms with Crippen molar-refractivity contribution in [1.29, 1.82) is 0 Å². The van der Waals surface area contributed by atoms with E-state index in [-0.39, 0.29) is 24.3 Å². The Labute approximate surface area is 140 Å². The number of hydrogen-bond donors (Lipinski definition) is 1. The van der Waals surface area contributed by atoms with Crippen LogP contribution in [0.5, 0.6) is 0 Å². The zero-order valence-electron chi connectivity index (χ0n) is 14.1. The first-order valence-corrected chi connectivity index (χ1v) is 7.83. The molecule has 7 heteroatoms. The normalized spacial score (nSPS) is 19.8. The van der Waals surface area contributed by atoms with Gasteiger partial charge in [-0.15, -0.1) is 0 Å². The number of benzene rings is 1. The van der Waals surface area contributed by atoms with Crippen LogP contribution in [-0.4, -0.2) is 49.6 Å². The van der Waals surface area contributed by atoms with Crippen LogP contribution in [0.2, 0.25) is 0 Å². The van der Waals surface area contributed by atoms with Gasteiger partial charge in [0.25, 0.3) is 0 Å². The maximum absolute atomic E-state index is 12.1. The fourth-order valence-corrected chi connectivity index (χ4v) is 3.03. The Morgan fingerprint density at radius 1 is 1.21 bits per heavy atom. The number of carbonyl (C=O) groups is 2. The number of nitrogens with zero attached hydrogens (tertiary/aromatic N) is 2. The van der Waals surface area contributed by atoms with Gasteiger partial charge in [0.05, 0.1) is 31.5 Å². The summed E-state index contributed by atoms with van der Waals surface area (Å²) in [5, 5.41) is 15.4. The molecule has 0 radical (unpaired) electrons. The monoisotopic (exact) mass is 334 g/mol. The van der Waals surface area contributed by atoms with E-state index in [0.717, 1.165) is 0 Å². The van der Waals surface area contributed by atoms with Crippen LogP contribution >= 0.6 is 0 Å². The van der Waals surface area contributed by atoms with Crippen molar-refractivity contribution in [2.75, 3.05) is 25.8 Å². The third-order valence-electron chi connectivity index (χ3n) is 4.15. The average Bonchev–Trinajstić information content (AvgIpc) is 2.99. The second-order valence-corrected chi connectivity index (χ2v) is 5.42. The summed E-state index contributed by atoms with van der Waals surface area (Å²) >= 11 is 0. The van der Waals surface area contributed by atoms with Crippen molar-refractivity contribution < 1.29 is 24.2 Å². The van der Waals surface area contributed by atoms with Gasteiger partial charge in [-0.3, -0.25) is 5.01 Å². The van der Waals surface area contributed by atoms with Crippen molar-refractivity contribution >= 4 is 23.3 Å². The number of ether oxygens (including phenoxy) is 2. The second-order valence-electron chi connectivity index (χ2n) is 5.42. The van der Waals surface area contributed by atoms with Crippen molar-refractivity contribution in [3.8, 4) is 0 Å². The lowest BCUT2D eigenvalue weighted by Gasteiger charge is -2.27. The maximum Gasteiger partial charge on any atom is 0.354 e. The maximum atomic E-state index is 12.1. The van der Waals surface area contributed by atoms with Crippen molar-refractivity contribution in [2.24, 2.45) is 11.0 Å².